The molecule has 100 valence electrons. The van der Waals surface area contributed by atoms with Crippen molar-refractivity contribution in [2.24, 2.45) is 0 Å². The molecule has 0 aliphatic carbocycles. The number of ketones is 1. The van der Waals surface area contributed by atoms with Crippen LogP contribution in [0.2, 0.25) is 0 Å². The number of furan rings is 1. The minimum Gasteiger partial charge on any atom is -0.464 e. The average Bonchev–Trinajstić information content (AvgIpc) is 2.98. The number of carbonyl (C=O) groups excluding carboxylic acids is 1. The lowest BCUT2D eigenvalue weighted by molar-refractivity contribution is 0.104. The molecule has 0 fully saturated rings. The number of rotatable bonds is 2. The quantitative estimate of drug-likeness (QED) is 0.514. The molecule has 2 aromatic carbocycles. The molecule has 0 aliphatic rings. The number of para-hydroxylation sites is 1. The van der Waals surface area contributed by atoms with Gasteiger partial charge >= 0.3 is 0 Å². The van der Waals surface area contributed by atoms with Crippen molar-refractivity contribution in [3.8, 4) is 0 Å². The maximum absolute atomic E-state index is 12.8. The number of benzene rings is 2. The number of nitrogens with zero attached hydrogens (tertiary/aromatic N) is 1. The van der Waals surface area contributed by atoms with Crippen LogP contribution in [0, 0.1) is 0 Å². The topological polar surface area (TPSA) is 43.1 Å². The molecule has 0 spiro atoms. The Morgan fingerprint density at radius 1 is 0.857 bits per heavy atom. The van der Waals surface area contributed by atoms with Crippen LogP contribution in [0.15, 0.2) is 71.6 Å². The molecule has 2 heterocycles. The first-order valence-corrected chi connectivity index (χ1v) is 6.68. The Morgan fingerprint density at radius 2 is 1.62 bits per heavy atom. The highest BCUT2D eigenvalue weighted by Gasteiger charge is 2.17. The van der Waals surface area contributed by atoms with Crippen molar-refractivity contribution in [3.05, 3.63) is 78.3 Å². The van der Waals surface area contributed by atoms with Crippen molar-refractivity contribution in [2.75, 3.05) is 0 Å². The van der Waals surface area contributed by atoms with Crippen LogP contribution >= 0.6 is 0 Å². The van der Waals surface area contributed by atoms with Crippen LogP contribution in [0.25, 0.3) is 21.7 Å². The maximum atomic E-state index is 12.8. The van der Waals surface area contributed by atoms with E-state index < -0.39 is 0 Å². The number of hydrogen-bond acceptors (Lipinski definition) is 3. The third kappa shape index (κ3) is 1.82. The zero-order valence-corrected chi connectivity index (χ0v) is 11.1. The van der Waals surface area contributed by atoms with Gasteiger partial charge in [0.05, 0.1) is 5.56 Å². The fraction of sp³-hybridized carbons (Fsp3) is 0. The zero-order chi connectivity index (χ0) is 14.2. The summed E-state index contributed by atoms with van der Waals surface area (Å²) in [4.78, 5) is 17.0. The molecule has 0 bridgehead atoms. The van der Waals surface area contributed by atoms with E-state index in [4.69, 9.17) is 4.42 Å². The van der Waals surface area contributed by atoms with Gasteiger partial charge in [0.25, 0.3) is 0 Å². The summed E-state index contributed by atoms with van der Waals surface area (Å²) in [6, 6.07) is 15.3. The highest BCUT2D eigenvalue weighted by atomic mass is 16.3. The lowest BCUT2D eigenvalue weighted by atomic mass is 9.99. The highest BCUT2D eigenvalue weighted by molar-refractivity contribution is 6.20. The Kier molecular flexibility index (Phi) is 2.57. The van der Waals surface area contributed by atoms with Crippen LogP contribution in [0.3, 0.4) is 0 Å². The standard InChI is InChI=1S/C18H11NO2/c20-18(16-11-21-17-8-4-3-7-14(16)17)15-10-19-9-12-5-1-2-6-13(12)15/h1-11H. The van der Waals surface area contributed by atoms with Crippen molar-refractivity contribution in [1.29, 1.82) is 0 Å². The van der Waals surface area contributed by atoms with Crippen LogP contribution in [0.5, 0.6) is 0 Å². The summed E-state index contributed by atoms with van der Waals surface area (Å²) in [5.74, 6) is -0.0655. The molecule has 4 aromatic rings. The Hall–Kier alpha value is -2.94. The predicted molar refractivity (Wildman–Crippen MR) is 81.4 cm³/mol. The molecule has 4 rings (SSSR count). The molecule has 0 amide bonds. The minimum absolute atomic E-state index is 0.0655. The molecule has 3 nitrogen and oxygen atoms in total. The maximum Gasteiger partial charge on any atom is 0.199 e. The lowest BCUT2D eigenvalue weighted by Gasteiger charge is -2.04. The van der Waals surface area contributed by atoms with Crippen LogP contribution in [-0.4, -0.2) is 10.8 Å². The molecule has 0 aliphatic heterocycles. The van der Waals surface area contributed by atoms with Crippen molar-refractivity contribution in [3.63, 3.8) is 0 Å². The van der Waals surface area contributed by atoms with E-state index in [9.17, 15) is 4.79 Å². The Balaban J connectivity index is 1.95. The van der Waals surface area contributed by atoms with Gasteiger partial charge in [-0.1, -0.05) is 42.5 Å². The van der Waals surface area contributed by atoms with Crippen LogP contribution in [0.1, 0.15) is 15.9 Å². The van der Waals surface area contributed by atoms with E-state index in [2.05, 4.69) is 4.98 Å². The average molecular weight is 273 g/mol. The molecular formula is C18H11NO2. The first kappa shape index (κ1) is 11.9. The van der Waals surface area contributed by atoms with Gasteiger partial charge in [-0.15, -0.1) is 0 Å². The van der Waals surface area contributed by atoms with Gasteiger partial charge < -0.3 is 4.42 Å². The van der Waals surface area contributed by atoms with Gasteiger partial charge in [-0.3, -0.25) is 9.78 Å². The monoisotopic (exact) mass is 273 g/mol. The number of carbonyl (C=O) groups is 1. The number of fused-ring (bicyclic) bond motifs is 2. The summed E-state index contributed by atoms with van der Waals surface area (Å²) in [7, 11) is 0. The van der Waals surface area contributed by atoms with Crippen LogP contribution in [0.4, 0.5) is 0 Å². The number of hydrogen-bond donors (Lipinski definition) is 0. The summed E-state index contributed by atoms with van der Waals surface area (Å²) in [5.41, 5.74) is 1.89. The Labute approximate surface area is 120 Å². The van der Waals surface area contributed by atoms with Crippen molar-refractivity contribution >= 4 is 27.5 Å². The Morgan fingerprint density at radius 3 is 2.52 bits per heavy atom. The van der Waals surface area contributed by atoms with Crippen molar-refractivity contribution in [1.82, 2.24) is 4.98 Å². The smallest absolute Gasteiger partial charge is 0.199 e. The van der Waals surface area contributed by atoms with Gasteiger partial charge in [-0.2, -0.15) is 0 Å². The number of aromatic nitrogens is 1. The van der Waals surface area contributed by atoms with E-state index in [-0.39, 0.29) is 5.78 Å². The van der Waals surface area contributed by atoms with E-state index >= 15 is 0 Å². The van der Waals surface area contributed by atoms with Gasteiger partial charge in [0.15, 0.2) is 5.78 Å². The minimum atomic E-state index is -0.0655. The summed E-state index contributed by atoms with van der Waals surface area (Å²) in [5, 5.41) is 2.69. The molecule has 0 atom stereocenters. The van der Waals surface area contributed by atoms with Gasteiger partial charge in [-0.25, -0.2) is 0 Å². The summed E-state index contributed by atoms with van der Waals surface area (Å²) in [6.07, 6.45) is 4.90. The Bertz CT molecular complexity index is 964. The molecule has 0 saturated carbocycles. The fourth-order valence-corrected chi connectivity index (χ4v) is 2.60. The van der Waals surface area contributed by atoms with Crippen molar-refractivity contribution < 1.29 is 9.21 Å². The van der Waals surface area contributed by atoms with E-state index in [0.717, 1.165) is 16.2 Å². The first-order chi connectivity index (χ1) is 10.3. The van der Waals surface area contributed by atoms with E-state index in [1.807, 2.05) is 48.5 Å². The number of pyridine rings is 1. The molecule has 0 unspecified atom stereocenters. The molecule has 0 N–H and O–H groups in total. The van der Waals surface area contributed by atoms with E-state index in [1.54, 1.807) is 12.4 Å². The second kappa shape index (κ2) is 4.56. The molecule has 0 radical (unpaired) electrons. The van der Waals surface area contributed by atoms with Gasteiger partial charge in [0.2, 0.25) is 0 Å². The summed E-state index contributed by atoms with van der Waals surface area (Å²) < 4.78 is 5.46. The first-order valence-electron chi connectivity index (χ1n) is 6.68. The second-order valence-corrected chi connectivity index (χ2v) is 4.88. The molecule has 2 aromatic heterocycles. The predicted octanol–water partition coefficient (Wildman–Crippen LogP) is 4.21. The van der Waals surface area contributed by atoms with Crippen molar-refractivity contribution in [2.45, 2.75) is 0 Å². The molecular weight excluding hydrogens is 262 g/mol. The van der Waals surface area contributed by atoms with E-state index in [0.29, 0.717) is 16.7 Å². The largest absolute Gasteiger partial charge is 0.464 e. The van der Waals surface area contributed by atoms with Crippen LogP contribution in [-0.2, 0) is 0 Å². The molecule has 21 heavy (non-hydrogen) atoms. The van der Waals surface area contributed by atoms with Crippen LogP contribution < -0.4 is 0 Å². The summed E-state index contributed by atoms with van der Waals surface area (Å²) >= 11 is 0. The van der Waals surface area contributed by atoms with Gasteiger partial charge in [0, 0.05) is 28.7 Å². The third-order valence-electron chi connectivity index (χ3n) is 3.64. The molecule has 3 heteroatoms. The van der Waals surface area contributed by atoms with Gasteiger partial charge in [0.1, 0.15) is 11.8 Å². The van der Waals surface area contributed by atoms with Gasteiger partial charge in [-0.05, 0) is 11.5 Å². The lowest BCUT2D eigenvalue weighted by Crippen LogP contribution is -2.02. The second-order valence-electron chi connectivity index (χ2n) is 4.88. The van der Waals surface area contributed by atoms with E-state index in [1.165, 1.54) is 6.26 Å². The molecule has 0 saturated heterocycles. The normalized spacial score (nSPS) is 11.0. The third-order valence-corrected chi connectivity index (χ3v) is 3.64. The SMILES string of the molecule is O=C(c1cncc2ccccc12)c1coc2ccccc12. The summed E-state index contributed by atoms with van der Waals surface area (Å²) in [6.45, 7) is 0. The highest BCUT2D eigenvalue weighted by Crippen LogP contribution is 2.26. The zero-order valence-electron chi connectivity index (χ0n) is 11.1. The fourth-order valence-electron chi connectivity index (χ4n) is 2.60.